The minimum absolute atomic E-state index is 0.117. The van der Waals surface area contributed by atoms with Crippen molar-refractivity contribution in [3.63, 3.8) is 0 Å². The number of carbonyl (C=O) groups excluding carboxylic acids is 1. The van der Waals surface area contributed by atoms with E-state index in [0.29, 0.717) is 21.7 Å². The normalized spacial score (nSPS) is 29.6. The molecule has 2 bridgehead atoms. The van der Waals surface area contributed by atoms with E-state index in [0.717, 1.165) is 12.3 Å². The molecule has 3 rings (SSSR count). The number of hydrogen-bond donors (Lipinski definition) is 1. The van der Waals surface area contributed by atoms with E-state index < -0.39 is 0 Å². The second-order valence-electron chi connectivity index (χ2n) is 5.39. The van der Waals surface area contributed by atoms with Crippen molar-refractivity contribution in [2.45, 2.75) is 25.7 Å². The third-order valence-corrected chi connectivity index (χ3v) is 4.81. The SMILES string of the molecule is O=C(Nc1ccc(Cl)cc1Cl)[C@@H]1C[C@@H]2CC[C@@H]1C2. The van der Waals surface area contributed by atoms with Gasteiger partial charge in [0.15, 0.2) is 0 Å². The van der Waals surface area contributed by atoms with Crippen LogP contribution in [0.3, 0.4) is 0 Å². The zero-order valence-corrected chi connectivity index (χ0v) is 11.5. The molecule has 2 saturated carbocycles. The molecule has 0 radical (unpaired) electrons. The smallest absolute Gasteiger partial charge is 0.227 e. The molecule has 18 heavy (non-hydrogen) atoms. The van der Waals surface area contributed by atoms with Crippen LogP contribution in [0.15, 0.2) is 18.2 Å². The van der Waals surface area contributed by atoms with Crippen LogP contribution in [0.5, 0.6) is 0 Å². The van der Waals surface area contributed by atoms with E-state index in [1.165, 1.54) is 19.3 Å². The van der Waals surface area contributed by atoms with E-state index in [1.807, 2.05) is 0 Å². The molecule has 4 heteroatoms. The number of halogens is 2. The van der Waals surface area contributed by atoms with Gasteiger partial charge in [0.05, 0.1) is 10.7 Å². The molecule has 2 aliphatic carbocycles. The zero-order valence-electron chi connectivity index (χ0n) is 9.96. The van der Waals surface area contributed by atoms with Crippen molar-refractivity contribution in [3.05, 3.63) is 28.2 Å². The molecule has 0 aromatic heterocycles. The summed E-state index contributed by atoms with van der Waals surface area (Å²) in [7, 11) is 0. The van der Waals surface area contributed by atoms with Crippen molar-refractivity contribution in [1.29, 1.82) is 0 Å². The van der Waals surface area contributed by atoms with Crippen LogP contribution in [-0.4, -0.2) is 5.91 Å². The molecule has 0 unspecified atom stereocenters. The fourth-order valence-electron chi connectivity index (χ4n) is 3.38. The number of amides is 1. The third kappa shape index (κ3) is 2.24. The van der Waals surface area contributed by atoms with Crippen LogP contribution >= 0.6 is 23.2 Å². The van der Waals surface area contributed by atoms with Crippen molar-refractivity contribution in [2.75, 3.05) is 5.32 Å². The molecule has 3 atom stereocenters. The lowest BCUT2D eigenvalue weighted by molar-refractivity contribution is -0.121. The van der Waals surface area contributed by atoms with Gasteiger partial charge in [0.25, 0.3) is 0 Å². The van der Waals surface area contributed by atoms with Gasteiger partial charge in [0.2, 0.25) is 5.91 Å². The largest absolute Gasteiger partial charge is 0.325 e. The van der Waals surface area contributed by atoms with Gasteiger partial charge >= 0.3 is 0 Å². The minimum atomic E-state index is 0.117. The first kappa shape index (κ1) is 12.3. The van der Waals surface area contributed by atoms with Gasteiger partial charge in [-0.05, 0) is 49.3 Å². The zero-order chi connectivity index (χ0) is 12.7. The molecule has 0 aliphatic heterocycles. The highest BCUT2D eigenvalue weighted by Gasteiger charge is 2.43. The molecule has 1 aromatic carbocycles. The minimum Gasteiger partial charge on any atom is -0.325 e. The van der Waals surface area contributed by atoms with Crippen molar-refractivity contribution in [1.82, 2.24) is 0 Å². The summed E-state index contributed by atoms with van der Waals surface area (Å²) >= 11 is 11.9. The predicted molar refractivity (Wildman–Crippen MR) is 74.0 cm³/mol. The molecule has 0 spiro atoms. The maximum atomic E-state index is 12.2. The highest BCUT2D eigenvalue weighted by molar-refractivity contribution is 6.36. The van der Waals surface area contributed by atoms with Crippen LogP contribution in [0.4, 0.5) is 5.69 Å². The number of nitrogens with one attached hydrogen (secondary N) is 1. The highest BCUT2D eigenvalue weighted by Crippen LogP contribution is 2.48. The molecule has 0 saturated heterocycles. The summed E-state index contributed by atoms with van der Waals surface area (Å²) in [5, 5.41) is 4.02. The lowest BCUT2D eigenvalue weighted by atomic mass is 9.88. The van der Waals surface area contributed by atoms with Gasteiger partial charge in [-0.3, -0.25) is 4.79 Å². The maximum absolute atomic E-state index is 12.2. The van der Waals surface area contributed by atoms with Gasteiger partial charge in [0.1, 0.15) is 0 Å². The van der Waals surface area contributed by atoms with Crippen molar-refractivity contribution in [2.24, 2.45) is 17.8 Å². The first-order valence-corrected chi connectivity index (χ1v) is 7.15. The molecule has 1 amide bonds. The van der Waals surface area contributed by atoms with E-state index in [9.17, 15) is 4.79 Å². The summed E-state index contributed by atoms with van der Waals surface area (Å²) < 4.78 is 0. The van der Waals surface area contributed by atoms with Crippen LogP contribution < -0.4 is 5.32 Å². The number of carbonyl (C=O) groups is 1. The van der Waals surface area contributed by atoms with Crippen LogP contribution in [0.1, 0.15) is 25.7 Å². The molecule has 2 fully saturated rings. The number of rotatable bonds is 2. The van der Waals surface area contributed by atoms with Gasteiger partial charge in [-0.1, -0.05) is 29.6 Å². The van der Waals surface area contributed by atoms with Crippen LogP contribution in [0, 0.1) is 17.8 Å². The Morgan fingerprint density at radius 1 is 1.22 bits per heavy atom. The maximum Gasteiger partial charge on any atom is 0.227 e. The quantitative estimate of drug-likeness (QED) is 0.858. The lowest BCUT2D eigenvalue weighted by Crippen LogP contribution is -2.27. The van der Waals surface area contributed by atoms with Crippen molar-refractivity contribution < 1.29 is 4.79 Å². The number of fused-ring (bicyclic) bond motifs is 2. The molecule has 1 N–H and O–H groups in total. The average Bonchev–Trinajstić information content (AvgIpc) is 2.94. The number of benzene rings is 1. The van der Waals surface area contributed by atoms with Crippen LogP contribution in [-0.2, 0) is 4.79 Å². The lowest BCUT2D eigenvalue weighted by Gasteiger charge is -2.21. The molecule has 1 aromatic rings. The van der Waals surface area contributed by atoms with E-state index in [-0.39, 0.29) is 11.8 Å². The summed E-state index contributed by atoms with van der Waals surface area (Å²) in [5.41, 5.74) is 0.661. The Bertz CT molecular complexity index is 489. The number of anilines is 1. The Hall–Kier alpha value is -0.730. The van der Waals surface area contributed by atoms with E-state index in [1.54, 1.807) is 18.2 Å². The van der Waals surface area contributed by atoms with Crippen molar-refractivity contribution in [3.8, 4) is 0 Å². The molecular formula is C14H15Cl2NO. The van der Waals surface area contributed by atoms with Gasteiger partial charge in [-0.15, -0.1) is 0 Å². The summed E-state index contributed by atoms with van der Waals surface area (Å²) in [6.07, 6.45) is 4.78. The summed E-state index contributed by atoms with van der Waals surface area (Å²) in [6.45, 7) is 0. The Kier molecular flexibility index (Phi) is 3.25. The fourth-order valence-corrected chi connectivity index (χ4v) is 3.84. The van der Waals surface area contributed by atoms with E-state index in [2.05, 4.69) is 5.32 Å². The Morgan fingerprint density at radius 3 is 2.67 bits per heavy atom. The van der Waals surface area contributed by atoms with Gasteiger partial charge in [-0.2, -0.15) is 0 Å². The summed E-state index contributed by atoms with van der Waals surface area (Å²) in [4.78, 5) is 12.2. The van der Waals surface area contributed by atoms with Crippen LogP contribution in [0.25, 0.3) is 0 Å². The highest BCUT2D eigenvalue weighted by atomic mass is 35.5. The monoisotopic (exact) mass is 283 g/mol. The predicted octanol–water partition coefficient (Wildman–Crippen LogP) is 4.37. The summed E-state index contributed by atoms with van der Waals surface area (Å²) in [5.74, 6) is 1.65. The second-order valence-corrected chi connectivity index (χ2v) is 6.24. The first-order valence-electron chi connectivity index (χ1n) is 6.39. The standard InChI is InChI=1S/C14H15Cl2NO/c15-10-3-4-13(12(16)7-10)17-14(18)11-6-8-1-2-9(11)5-8/h3-4,7-9,11H,1-2,5-6H2,(H,17,18)/t8-,9-,11-/m1/s1. The Balaban J connectivity index is 1.71. The second kappa shape index (κ2) is 4.75. The molecule has 2 nitrogen and oxygen atoms in total. The summed E-state index contributed by atoms with van der Waals surface area (Å²) in [6, 6.07) is 5.15. The van der Waals surface area contributed by atoms with E-state index >= 15 is 0 Å². The Labute approximate surface area is 117 Å². The fraction of sp³-hybridized carbons (Fsp3) is 0.500. The van der Waals surface area contributed by atoms with Gasteiger partial charge in [0, 0.05) is 10.9 Å². The Morgan fingerprint density at radius 2 is 2.06 bits per heavy atom. The first-order chi connectivity index (χ1) is 8.63. The van der Waals surface area contributed by atoms with Gasteiger partial charge < -0.3 is 5.32 Å². The molecular weight excluding hydrogens is 269 g/mol. The topological polar surface area (TPSA) is 29.1 Å². The number of hydrogen-bond acceptors (Lipinski definition) is 1. The molecule has 2 aliphatic rings. The van der Waals surface area contributed by atoms with E-state index in [4.69, 9.17) is 23.2 Å². The van der Waals surface area contributed by atoms with Crippen molar-refractivity contribution >= 4 is 34.8 Å². The van der Waals surface area contributed by atoms with Crippen LogP contribution in [0.2, 0.25) is 10.0 Å². The molecule has 0 heterocycles. The molecule has 96 valence electrons. The van der Waals surface area contributed by atoms with Gasteiger partial charge in [-0.25, -0.2) is 0 Å². The third-order valence-electron chi connectivity index (χ3n) is 4.26. The average molecular weight is 284 g/mol.